The van der Waals surface area contributed by atoms with E-state index in [4.69, 9.17) is 4.74 Å². The molecule has 1 unspecified atom stereocenters. The number of ether oxygens (including phenoxy) is 2. The Kier molecular flexibility index (Phi) is 7.62. The first-order valence-electron chi connectivity index (χ1n) is 5.12. The monoisotopic (exact) mass is 243 g/mol. The second kappa shape index (κ2) is 8.46. The van der Waals surface area contributed by atoms with Gasteiger partial charge in [-0.25, -0.2) is 4.79 Å². The fraction of sp³-hybridized carbons (Fsp3) is 0.545. The van der Waals surface area contributed by atoms with Crippen LogP contribution in [-0.2, 0) is 23.9 Å². The minimum atomic E-state index is -0.713. The molecule has 0 aromatic heterocycles. The van der Waals surface area contributed by atoms with Crippen molar-refractivity contribution in [2.45, 2.75) is 25.8 Å². The van der Waals surface area contributed by atoms with Gasteiger partial charge >= 0.3 is 18.4 Å². The van der Waals surface area contributed by atoms with Crippen molar-refractivity contribution in [3.05, 3.63) is 12.2 Å². The van der Waals surface area contributed by atoms with E-state index in [1.54, 1.807) is 6.92 Å². The number of hydrogen-bond donors (Lipinski definition) is 1. The maximum atomic E-state index is 11.2. The van der Waals surface area contributed by atoms with Gasteiger partial charge in [0.1, 0.15) is 12.6 Å². The van der Waals surface area contributed by atoms with Crippen molar-refractivity contribution in [3.63, 3.8) is 0 Å². The number of esters is 2. The smallest absolute Gasteiger partial charge is 0.330 e. The summed E-state index contributed by atoms with van der Waals surface area (Å²) in [7, 11) is 1.54. The fourth-order valence-corrected chi connectivity index (χ4v) is 1.05. The van der Waals surface area contributed by atoms with Crippen molar-refractivity contribution in [2.24, 2.45) is 0 Å². The first-order chi connectivity index (χ1) is 8.01. The second-order valence-corrected chi connectivity index (χ2v) is 3.53. The molecule has 0 aromatic rings. The molecule has 0 saturated carbocycles. The van der Waals surface area contributed by atoms with Gasteiger partial charge in [0, 0.05) is 6.42 Å². The van der Waals surface area contributed by atoms with Gasteiger partial charge in [0.05, 0.1) is 0 Å². The molecule has 0 spiro atoms. The predicted octanol–water partition coefficient (Wildman–Crippen LogP) is 0.173. The van der Waals surface area contributed by atoms with Crippen LogP contribution in [0.5, 0.6) is 0 Å². The minimum absolute atomic E-state index is 0.0616. The van der Waals surface area contributed by atoms with E-state index in [-0.39, 0.29) is 25.9 Å². The molecule has 0 amide bonds. The van der Waals surface area contributed by atoms with Gasteiger partial charge in [0.15, 0.2) is 0 Å². The highest BCUT2D eigenvalue weighted by Crippen LogP contribution is 2.02. The molecule has 0 aliphatic carbocycles. The fourth-order valence-electron chi connectivity index (χ4n) is 1.05. The molecule has 0 aromatic carbocycles. The van der Waals surface area contributed by atoms with Gasteiger partial charge in [0.2, 0.25) is 0 Å². The van der Waals surface area contributed by atoms with Crippen LogP contribution in [0.3, 0.4) is 0 Å². The Labute approximate surface area is 100.0 Å². The molecule has 0 rings (SSSR count). The van der Waals surface area contributed by atoms with Crippen molar-refractivity contribution in [3.8, 4) is 0 Å². The van der Waals surface area contributed by atoms with E-state index in [2.05, 4.69) is 16.6 Å². The van der Waals surface area contributed by atoms with Crippen LogP contribution in [0.2, 0.25) is 0 Å². The zero-order chi connectivity index (χ0) is 13.3. The van der Waals surface area contributed by atoms with Gasteiger partial charge in [0.25, 0.3) is 0 Å². The number of carbonyl (C=O) groups excluding carboxylic acids is 3. The van der Waals surface area contributed by atoms with Crippen LogP contribution < -0.4 is 5.32 Å². The molecule has 0 fully saturated rings. The van der Waals surface area contributed by atoms with E-state index >= 15 is 0 Å². The van der Waals surface area contributed by atoms with Gasteiger partial charge in [-0.3, -0.25) is 9.59 Å². The molecule has 0 aliphatic heterocycles. The largest absolute Gasteiger partial charge is 0.461 e. The highest BCUT2D eigenvalue weighted by Gasteiger charge is 2.19. The first-order valence-corrected chi connectivity index (χ1v) is 5.12. The highest BCUT2D eigenvalue weighted by molar-refractivity contribution is 5.82. The lowest BCUT2D eigenvalue weighted by Gasteiger charge is -2.12. The molecular weight excluding hydrogens is 226 g/mol. The lowest BCUT2D eigenvalue weighted by molar-refractivity contribution is -0.153. The normalized spacial score (nSPS) is 11.4. The van der Waals surface area contributed by atoms with Crippen LogP contribution in [0, 0.1) is 0 Å². The number of nitrogens with one attached hydrogen (secondary N) is 1. The van der Waals surface area contributed by atoms with Gasteiger partial charge < -0.3 is 14.8 Å². The van der Waals surface area contributed by atoms with Crippen LogP contribution >= 0.6 is 0 Å². The summed E-state index contributed by atoms with van der Waals surface area (Å²) in [5, 5.41) is 2.65. The summed E-state index contributed by atoms with van der Waals surface area (Å²) in [5.41, 5.74) is 0.740. The van der Waals surface area contributed by atoms with E-state index in [1.807, 2.05) is 0 Å². The third-order valence-corrected chi connectivity index (χ3v) is 1.91. The summed E-state index contributed by atoms with van der Waals surface area (Å²) in [5.74, 6) is -1.14. The molecule has 0 aliphatic rings. The predicted molar refractivity (Wildman–Crippen MR) is 60.0 cm³/mol. The molecule has 1 N–H and O–H groups in total. The lowest BCUT2D eigenvalue weighted by Crippen LogP contribution is -2.35. The Hall–Kier alpha value is -1.69. The maximum absolute atomic E-state index is 11.2. The van der Waals surface area contributed by atoms with E-state index in [0.29, 0.717) is 0 Å². The van der Waals surface area contributed by atoms with Crippen molar-refractivity contribution in [2.75, 3.05) is 13.7 Å². The molecule has 17 heavy (non-hydrogen) atoms. The molecule has 96 valence electrons. The average Bonchev–Trinajstić information content (AvgIpc) is 2.27. The summed E-state index contributed by atoms with van der Waals surface area (Å²) in [6, 6.07) is -0.697. The third kappa shape index (κ3) is 7.24. The first kappa shape index (κ1) is 15.3. The Bertz CT molecular complexity index is 300. The summed E-state index contributed by atoms with van der Waals surface area (Å²) in [6.07, 6.45) is 0.269. The molecule has 0 heterocycles. The standard InChI is InChI=1S/C11H17NO5/c1-8(2)6-16-10(14)5-4-9(12-3)11(15)17-7-13/h7,9,12H,1,4-6H2,2-3H3. The van der Waals surface area contributed by atoms with Gasteiger partial charge in [-0.15, -0.1) is 0 Å². The van der Waals surface area contributed by atoms with Crippen LogP contribution in [-0.4, -0.2) is 38.1 Å². The minimum Gasteiger partial charge on any atom is -0.461 e. The molecular formula is C11H17NO5. The van der Waals surface area contributed by atoms with Crippen molar-refractivity contribution in [1.82, 2.24) is 5.32 Å². The summed E-state index contributed by atoms with van der Waals surface area (Å²) in [4.78, 5) is 32.4. The average molecular weight is 243 g/mol. The Morgan fingerprint density at radius 3 is 2.59 bits per heavy atom. The Morgan fingerprint density at radius 1 is 1.47 bits per heavy atom. The van der Waals surface area contributed by atoms with Crippen LogP contribution in [0.4, 0.5) is 0 Å². The summed E-state index contributed by atoms with van der Waals surface area (Å²) in [6.45, 7) is 5.56. The summed E-state index contributed by atoms with van der Waals surface area (Å²) >= 11 is 0. The quantitative estimate of drug-likeness (QED) is 0.283. The molecule has 0 saturated heterocycles. The maximum Gasteiger partial charge on any atom is 0.330 e. The number of rotatable bonds is 8. The molecule has 6 nitrogen and oxygen atoms in total. The number of carbonyl (C=O) groups is 3. The van der Waals surface area contributed by atoms with E-state index in [0.717, 1.165) is 5.57 Å². The van der Waals surface area contributed by atoms with Crippen LogP contribution in [0.15, 0.2) is 12.2 Å². The van der Waals surface area contributed by atoms with Gasteiger partial charge in [-0.2, -0.15) is 0 Å². The Balaban J connectivity index is 3.97. The Morgan fingerprint density at radius 2 is 2.12 bits per heavy atom. The molecule has 0 bridgehead atoms. The van der Waals surface area contributed by atoms with Crippen molar-refractivity contribution in [1.29, 1.82) is 0 Å². The highest BCUT2D eigenvalue weighted by atomic mass is 16.6. The summed E-state index contributed by atoms with van der Waals surface area (Å²) < 4.78 is 9.03. The third-order valence-electron chi connectivity index (χ3n) is 1.91. The van der Waals surface area contributed by atoms with Gasteiger partial charge in [-0.1, -0.05) is 6.58 Å². The van der Waals surface area contributed by atoms with Crippen LogP contribution in [0.25, 0.3) is 0 Å². The molecule has 0 radical (unpaired) electrons. The SMILES string of the molecule is C=C(C)COC(=O)CCC(NC)C(=O)OC=O. The zero-order valence-electron chi connectivity index (χ0n) is 10.0. The molecule has 6 heteroatoms. The number of likely N-dealkylation sites (N-methyl/N-ethyl adjacent to an activating group) is 1. The van der Waals surface area contributed by atoms with Crippen molar-refractivity contribution >= 4 is 18.4 Å². The molecule has 1 atom stereocenters. The van der Waals surface area contributed by atoms with Crippen LogP contribution in [0.1, 0.15) is 19.8 Å². The lowest BCUT2D eigenvalue weighted by atomic mass is 10.1. The topological polar surface area (TPSA) is 81.7 Å². The van der Waals surface area contributed by atoms with E-state index < -0.39 is 18.0 Å². The van der Waals surface area contributed by atoms with Crippen molar-refractivity contribution < 1.29 is 23.9 Å². The second-order valence-electron chi connectivity index (χ2n) is 3.53. The number of hydrogen-bond acceptors (Lipinski definition) is 6. The van der Waals surface area contributed by atoms with E-state index in [9.17, 15) is 14.4 Å². The van der Waals surface area contributed by atoms with Gasteiger partial charge in [-0.05, 0) is 26.0 Å². The zero-order valence-corrected chi connectivity index (χ0v) is 10.0. The van der Waals surface area contributed by atoms with E-state index in [1.165, 1.54) is 7.05 Å².